The molecule has 8 heteroatoms. The molecular weight excluding hydrogens is 358 g/mol. The van der Waals surface area contributed by atoms with E-state index in [1.807, 2.05) is 36.4 Å². The van der Waals surface area contributed by atoms with Gasteiger partial charge in [0.15, 0.2) is 5.82 Å². The van der Waals surface area contributed by atoms with Crippen molar-refractivity contribution in [2.75, 3.05) is 0 Å². The Bertz CT molecular complexity index is 985. The van der Waals surface area contributed by atoms with Crippen LogP contribution in [0.4, 0.5) is 0 Å². The number of pyridine rings is 1. The molecule has 4 rings (SSSR count). The van der Waals surface area contributed by atoms with Gasteiger partial charge in [-0.05, 0) is 30.3 Å². The highest BCUT2D eigenvalue weighted by molar-refractivity contribution is 7.98. The number of nitrogens with one attached hydrogen (secondary N) is 1. The molecule has 0 spiro atoms. The maximum atomic E-state index is 6.00. The fraction of sp³-hybridized carbons (Fsp3) is 0.0588. The second-order valence-corrected chi connectivity index (χ2v) is 6.53. The van der Waals surface area contributed by atoms with E-state index >= 15 is 0 Å². The topological polar surface area (TPSA) is 80.5 Å². The summed E-state index contributed by atoms with van der Waals surface area (Å²) in [6.07, 6.45) is 5.10. The predicted molar refractivity (Wildman–Crippen MR) is 96.1 cm³/mol. The number of rotatable bonds is 5. The number of nitrogens with zero attached hydrogens (tertiary/aromatic N) is 4. The zero-order valence-electron chi connectivity index (χ0n) is 12.9. The maximum Gasteiger partial charge on any atom is 0.226 e. The second-order valence-electron chi connectivity index (χ2n) is 5.15. The van der Waals surface area contributed by atoms with Crippen LogP contribution in [0, 0.1) is 0 Å². The Labute approximate surface area is 152 Å². The van der Waals surface area contributed by atoms with E-state index in [-0.39, 0.29) is 0 Å². The molecule has 3 heterocycles. The van der Waals surface area contributed by atoms with E-state index in [1.54, 1.807) is 18.7 Å². The lowest BCUT2D eigenvalue weighted by atomic mass is 10.2. The number of oxazole rings is 1. The Morgan fingerprint density at radius 1 is 1.12 bits per heavy atom. The Hall–Kier alpha value is -2.64. The minimum Gasteiger partial charge on any atom is -0.444 e. The average molecular weight is 370 g/mol. The molecule has 0 saturated carbocycles. The van der Waals surface area contributed by atoms with Crippen molar-refractivity contribution in [3.05, 3.63) is 65.8 Å². The molecule has 0 aliphatic heterocycles. The summed E-state index contributed by atoms with van der Waals surface area (Å²) in [5.74, 6) is 1.84. The number of hydrogen-bond acceptors (Lipinski definition) is 6. The molecule has 6 nitrogen and oxygen atoms in total. The Balaban J connectivity index is 1.43. The third kappa shape index (κ3) is 3.72. The van der Waals surface area contributed by atoms with Crippen LogP contribution in [-0.4, -0.2) is 25.1 Å². The Morgan fingerprint density at radius 3 is 2.88 bits per heavy atom. The average Bonchev–Trinajstić information content (AvgIpc) is 3.30. The third-order valence-corrected chi connectivity index (χ3v) is 4.49. The lowest BCUT2D eigenvalue weighted by Gasteiger charge is -1.95. The van der Waals surface area contributed by atoms with Crippen LogP contribution < -0.4 is 0 Å². The van der Waals surface area contributed by atoms with E-state index < -0.39 is 0 Å². The molecule has 1 aromatic carbocycles. The molecule has 1 N–H and O–H groups in total. The number of hydrogen-bond donors (Lipinski definition) is 1. The number of benzene rings is 1. The first-order valence-corrected chi connectivity index (χ1v) is 8.80. The van der Waals surface area contributed by atoms with Crippen LogP contribution in [-0.2, 0) is 5.75 Å². The van der Waals surface area contributed by atoms with Gasteiger partial charge in [-0.3, -0.25) is 10.1 Å². The summed E-state index contributed by atoms with van der Waals surface area (Å²) >= 11 is 7.48. The van der Waals surface area contributed by atoms with Crippen LogP contribution in [0.25, 0.3) is 22.8 Å². The smallest absolute Gasteiger partial charge is 0.226 e. The second kappa shape index (κ2) is 7.08. The summed E-state index contributed by atoms with van der Waals surface area (Å²) in [5.41, 5.74) is 2.56. The van der Waals surface area contributed by atoms with Crippen molar-refractivity contribution in [2.24, 2.45) is 0 Å². The van der Waals surface area contributed by atoms with Gasteiger partial charge in [-0.15, -0.1) is 5.10 Å². The van der Waals surface area contributed by atoms with E-state index in [1.165, 1.54) is 11.8 Å². The van der Waals surface area contributed by atoms with E-state index in [4.69, 9.17) is 16.0 Å². The molecule has 25 heavy (non-hydrogen) atoms. The molecule has 0 radical (unpaired) electrons. The van der Waals surface area contributed by atoms with Crippen molar-refractivity contribution >= 4 is 23.4 Å². The lowest BCUT2D eigenvalue weighted by molar-refractivity contribution is 0.573. The fourth-order valence-corrected chi connectivity index (χ4v) is 3.07. The summed E-state index contributed by atoms with van der Waals surface area (Å²) in [5, 5.41) is 8.42. The normalized spacial score (nSPS) is 10.9. The molecule has 0 unspecified atom stereocenters. The van der Waals surface area contributed by atoms with Crippen molar-refractivity contribution in [3.8, 4) is 22.8 Å². The highest BCUT2D eigenvalue weighted by atomic mass is 35.5. The van der Waals surface area contributed by atoms with E-state index in [2.05, 4.69) is 25.1 Å². The van der Waals surface area contributed by atoms with Gasteiger partial charge in [0.2, 0.25) is 11.0 Å². The van der Waals surface area contributed by atoms with Gasteiger partial charge in [0.05, 0.1) is 5.69 Å². The molecule has 0 bridgehead atoms. The summed E-state index contributed by atoms with van der Waals surface area (Å²) < 4.78 is 5.53. The van der Waals surface area contributed by atoms with Gasteiger partial charge in [-0.25, -0.2) is 9.97 Å². The molecule has 3 aromatic heterocycles. The minimum absolute atomic E-state index is 0.545. The molecule has 124 valence electrons. The van der Waals surface area contributed by atoms with Crippen molar-refractivity contribution in [1.82, 2.24) is 25.1 Å². The number of aromatic nitrogens is 5. The van der Waals surface area contributed by atoms with Gasteiger partial charge >= 0.3 is 0 Å². The first kappa shape index (κ1) is 15.9. The summed E-state index contributed by atoms with van der Waals surface area (Å²) in [7, 11) is 0. The fourth-order valence-electron chi connectivity index (χ4n) is 2.21. The van der Waals surface area contributed by atoms with Gasteiger partial charge in [0.25, 0.3) is 0 Å². The Kier molecular flexibility index (Phi) is 4.49. The predicted octanol–water partition coefficient (Wildman–Crippen LogP) is 4.47. The highest BCUT2D eigenvalue weighted by Crippen LogP contribution is 2.25. The van der Waals surface area contributed by atoms with Crippen LogP contribution >= 0.6 is 23.4 Å². The highest BCUT2D eigenvalue weighted by Gasteiger charge is 2.10. The minimum atomic E-state index is 0.545. The van der Waals surface area contributed by atoms with Crippen molar-refractivity contribution in [3.63, 3.8) is 0 Å². The molecule has 0 fully saturated rings. The van der Waals surface area contributed by atoms with Crippen LogP contribution in [0.3, 0.4) is 0 Å². The number of H-pyrrole nitrogens is 1. The third-order valence-electron chi connectivity index (χ3n) is 3.37. The van der Waals surface area contributed by atoms with Crippen molar-refractivity contribution in [2.45, 2.75) is 10.9 Å². The molecule has 0 atom stereocenters. The SMILES string of the molecule is Clc1cccc(-c2nc(CSc3n[nH]c(-c4cccnc4)n3)co2)c1. The van der Waals surface area contributed by atoms with Crippen LogP contribution in [0.15, 0.2) is 64.6 Å². The molecular formula is C17H12ClN5OS. The van der Waals surface area contributed by atoms with Crippen LogP contribution in [0.5, 0.6) is 0 Å². The Morgan fingerprint density at radius 2 is 2.04 bits per heavy atom. The molecule has 0 aliphatic rings. The van der Waals surface area contributed by atoms with Gasteiger partial charge in [-0.2, -0.15) is 0 Å². The maximum absolute atomic E-state index is 6.00. The van der Waals surface area contributed by atoms with E-state index in [0.29, 0.717) is 27.6 Å². The van der Waals surface area contributed by atoms with Crippen LogP contribution in [0.1, 0.15) is 5.69 Å². The number of halogens is 1. The monoisotopic (exact) mass is 369 g/mol. The largest absolute Gasteiger partial charge is 0.444 e. The van der Waals surface area contributed by atoms with E-state index in [0.717, 1.165) is 16.8 Å². The zero-order valence-corrected chi connectivity index (χ0v) is 14.5. The first-order chi connectivity index (χ1) is 12.3. The zero-order chi connectivity index (χ0) is 17.1. The first-order valence-electron chi connectivity index (χ1n) is 7.44. The van der Waals surface area contributed by atoms with Gasteiger partial charge in [0.1, 0.15) is 6.26 Å². The summed E-state index contributed by atoms with van der Waals surface area (Å²) in [6, 6.07) is 11.2. The summed E-state index contributed by atoms with van der Waals surface area (Å²) in [6.45, 7) is 0. The molecule has 0 amide bonds. The molecule has 0 saturated heterocycles. The van der Waals surface area contributed by atoms with Gasteiger partial charge in [-0.1, -0.05) is 29.4 Å². The van der Waals surface area contributed by atoms with E-state index in [9.17, 15) is 0 Å². The van der Waals surface area contributed by atoms with Crippen molar-refractivity contribution < 1.29 is 4.42 Å². The van der Waals surface area contributed by atoms with Gasteiger partial charge in [0, 0.05) is 34.3 Å². The summed E-state index contributed by atoms with van der Waals surface area (Å²) in [4.78, 5) is 13.0. The van der Waals surface area contributed by atoms with Crippen LogP contribution in [0.2, 0.25) is 5.02 Å². The quantitative estimate of drug-likeness (QED) is 0.523. The molecule has 4 aromatic rings. The van der Waals surface area contributed by atoms with Gasteiger partial charge < -0.3 is 4.42 Å². The number of thioether (sulfide) groups is 1. The molecule has 0 aliphatic carbocycles. The number of aromatic amines is 1. The van der Waals surface area contributed by atoms with Crippen molar-refractivity contribution in [1.29, 1.82) is 0 Å². The standard InChI is InChI=1S/C17H12ClN5OS/c18-13-5-1-3-11(7-13)16-20-14(9-24-16)10-25-17-21-15(22-23-17)12-4-2-6-19-8-12/h1-9H,10H2,(H,21,22,23). The lowest BCUT2D eigenvalue weighted by Crippen LogP contribution is -1.84.